The molecule has 1 aromatic carbocycles. The van der Waals surface area contributed by atoms with Crippen LogP contribution in [0.1, 0.15) is 135 Å². The van der Waals surface area contributed by atoms with E-state index < -0.39 is 0 Å². The molecule has 0 heterocycles. The Morgan fingerprint density at radius 3 is 2.02 bits per heavy atom. The fourth-order valence-corrected chi connectivity index (χ4v) is 8.64. The minimum atomic E-state index is -0.284. The Morgan fingerprint density at radius 2 is 1.31 bits per heavy atom. The van der Waals surface area contributed by atoms with E-state index in [1.807, 2.05) is 0 Å². The highest BCUT2D eigenvalue weighted by Gasteiger charge is 2.51. The van der Waals surface area contributed by atoms with Crippen LogP contribution in [-0.2, 0) is 0 Å². The summed E-state index contributed by atoms with van der Waals surface area (Å²) < 4.78 is 0. The molecule has 0 saturated carbocycles. The lowest BCUT2D eigenvalue weighted by Gasteiger charge is -2.49. The van der Waals surface area contributed by atoms with Crippen molar-refractivity contribution in [2.24, 2.45) is 17.3 Å². The van der Waals surface area contributed by atoms with Crippen molar-refractivity contribution in [3.05, 3.63) is 117 Å². The highest BCUT2D eigenvalue weighted by atomic mass is 14.5. The molecule has 0 radical (unpaired) electrons. The Labute approximate surface area is 298 Å². The van der Waals surface area contributed by atoms with Crippen LogP contribution < -0.4 is 10.4 Å². The smallest absolute Gasteiger partial charge is 0.0573 e. The maximum absolute atomic E-state index is 3.78. The van der Waals surface area contributed by atoms with Gasteiger partial charge in [0, 0.05) is 41.0 Å². The largest absolute Gasteiger partial charge is 0.0982 e. The van der Waals surface area contributed by atoms with E-state index >= 15 is 0 Å². The summed E-state index contributed by atoms with van der Waals surface area (Å²) in [5.41, 5.74) is 7.77. The summed E-state index contributed by atoms with van der Waals surface area (Å²) in [6.45, 7) is 4.58. The van der Waals surface area contributed by atoms with Crippen molar-refractivity contribution in [1.82, 2.24) is 0 Å². The van der Waals surface area contributed by atoms with Crippen LogP contribution in [0, 0.1) is 40.9 Å². The third-order valence-electron chi connectivity index (χ3n) is 11.3. The molecule has 3 unspecified atom stereocenters. The quantitative estimate of drug-likeness (QED) is 0.0952. The molecule has 0 aliphatic heterocycles. The van der Waals surface area contributed by atoms with Crippen molar-refractivity contribution in [1.29, 1.82) is 0 Å². The molecule has 5 aliphatic carbocycles. The summed E-state index contributed by atoms with van der Waals surface area (Å²) in [5.74, 6) is 15.2. The first-order valence-corrected chi connectivity index (χ1v) is 20.0. The van der Waals surface area contributed by atoms with Gasteiger partial charge in [-0.1, -0.05) is 200 Å². The van der Waals surface area contributed by atoms with Gasteiger partial charge in [0.05, 0.1) is 5.41 Å². The summed E-state index contributed by atoms with van der Waals surface area (Å²) >= 11 is 0. The molecule has 1 aromatic rings. The molecule has 0 bridgehead atoms. The fraction of sp³-hybridized carbons (Fsp3) is 0.469. The second kappa shape index (κ2) is 17.8. The second-order valence-corrected chi connectivity index (χ2v) is 14.8. The maximum atomic E-state index is 3.78. The Kier molecular flexibility index (Phi) is 12.7. The van der Waals surface area contributed by atoms with Crippen molar-refractivity contribution in [3.63, 3.8) is 0 Å². The minimum Gasteiger partial charge on any atom is -0.0982 e. The summed E-state index contributed by atoms with van der Waals surface area (Å²) in [4.78, 5) is 0. The number of allylic oxidation sites excluding steroid dienone is 14. The number of hydrogen-bond donors (Lipinski definition) is 0. The van der Waals surface area contributed by atoms with Gasteiger partial charge < -0.3 is 0 Å². The molecule has 0 aromatic heterocycles. The molecule has 0 fully saturated rings. The van der Waals surface area contributed by atoms with E-state index in [0.717, 1.165) is 12.8 Å². The average molecular weight is 647 g/mol. The molecule has 0 saturated heterocycles. The molecule has 49 heavy (non-hydrogen) atoms. The van der Waals surface area contributed by atoms with Crippen molar-refractivity contribution in [3.8, 4) is 23.7 Å². The number of fused-ring (bicyclic) bond motifs is 2. The lowest BCUT2D eigenvalue weighted by Crippen LogP contribution is -2.46. The zero-order chi connectivity index (χ0) is 33.7. The first-order chi connectivity index (χ1) is 24.3. The van der Waals surface area contributed by atoms with Gasteiger partial charge in [0.1, 0.15) is 0 Å². The van der Waals surface area contributed by atoms with Gasteiger partial charge >= 0.3 is 0 Å². The Balaban J connectivity index is 1.26. The molecule has 0 heteroatoms. The molecule has 254 valence electrons. The summed E-state index contributed by atoms with van der Waals surface area (Å²) in [5, 5.41) is 2.62. The maximum Gasteiger partial charge on any atom is 0.0573 e. The van der Waals surface area contributed by atoms with Crippen molar-refractivity contribution < 1.29 is 0 Å². The predicted molar refractivity (Wildman–Crippen MR) is 212 cm³/mol. The van der Waals surface area contributed by atoms with E-state index in [-0.39, 0.29) is 11.3 Å². The van der Waals surface area contributed by atoms with Crippen LogP contribution in [0.2, 0.25) is 0 Å². The van der Waals surface area contributed by atoms with Crippen molar-refractivity contribution >= 4 is 11.6 Å². The average Bonchev–Trinajstić information content (AvgIpc) is 3.13. The number of hydrogen-bond acceptors (Lipinski definition) is 0. The molecule has 3 atom stereocenters. The standard InChI is InChI=1S/C49H58/c1-3-5-7-9-11-13-15-17-19-21-27-40-28-25-29-41-38-42-32-33-43(30-22-20-18-16-14-12-10-8-6-4-2)49-37-36-39-26-23-24-31-44(39)46(49)35-34-45(47(40)41)48(42)49/h23-26,28-29,31-39,48H,3-20H2,1-2H3. The van der Waals surface area contributed by atoms with Gasteiger partial charge in [-0.05, 0) is 52.5 Å². The summed E-state index contributed by atoms with van der Waals surface area (Å²) in [6.07, 6.45) is 49.4. The van der Waals surface area contributed by atoms with E-state index in [2.05, 4.69) is 123 Å². The predicted octanol–water partition coefficient (Wildman–Crippen LogP) is 11.7. The van der Waals surface area contributed by atoms with E-state index in [4.69, 9.17) is 0 Å². The van der Waals surface area contributed by atoms with Crippen LogP contribution in [0.25, 0.3) is 11.6 Å². The minimum absolute atomic E-state index is 0.206. The van der Waals surface area contributed by atoms with E-state index in [1.165, 1.54) is 147 Å². The Bertz CT molecular complexity index is 1800. The third-order valence-corrected chi connectivity index (χ3v) is 11.3. The fourth-order valence-electron chi connectivity index (χ4n) is 8.64. The van der Waals surface area contributed by atoms with Crippen LogP contribution in [0.15, 0.2) is 101 Å². The topological polar surface area (TPSA) is 0 Å². The first kappa shape index (κ1) is 35.1. The molecule has 1 spiro atoms. The second-order valence-electron chi connectivity index (χ2n) is 14.8. The van der Waals surface area contributed by atoms with Crippen LogP contribution in [-0.4, -0.2) is 0 Å². The molecule has 0 nitrogen and oxygen atoms in total. The summed E-state index contributed by atoms with van der Waals surface area (Å²) in [6, 6.07) is 6.72. The Morgan fingerprint density at radius 1 is 0.633 bits per heavy atom. The van der Waals surface area contributed by atoms with Gasteiger partial charge in [-0.3, -0.25) is 0 Å². The van der Waals surface area contributed by atoms with Crippen molar-refractivity contribution in [2.75, 3.05) is 0 Å². The van der Waals surface area contributed by atoms with E-state index in [1.54, 1.807) is 0 Å². The number of benzene rings is 1. The van der Waals surface area contributed by atoms with Crippen molar-refractivity contribution in [2.45, 2.75) is 129 Å². The van der Waals surface area contributed by atoms with Gasteiger partial charge in [0.15, 0.2) is 0 Å². The van der Waals surface area contributed by atoms with Gasteiger partial charge in [-0.15, -0.1) is 0 Å². The SMILES string of the molecule is CCCCCCCCCCC#CC1=CC=C2C=c3cccc(C#CCCCCCCCCCC)c3=C3C=CC4=C5C=CC=CC5C=CC14C23. The number of unbranched alkanes of at least 4 members (excludes halogenated alkanes) is 16. The third kappa shape index (κ3) is 8.02. The van der Waals surface area contributed by atoms with E-state index in [0.29, 0.717) is 5.92 Å². The normalized spacial score (nSPS) is 22.0. The molecule has 0 N–H and O–H groups in total. The zero-order valence-electron chi connectivity index (χ0n) is 30.5. The van der Waals surface area contributed by atoms with Gasteiger partial charge in [0.25, 0.3) is 0 Å². The zero-order valence-corrected chi connectivity index (χ0v) is 30.5. The van der Waals surface area contributed by atoms with Gasteiger partial charge in [-0.25, -0.2) is 0 Å². The molecular formula is C49H58. The van der Waals surface area contributed by atoms with Crippen LogP contribution in [0.5, 0.6) is 0 Å². The molecule has 0 amide bonds. The first-order valence-electron chi connectivity index (χ1n) is 20.0. The summed E-state index contributed by atoms with van der Waals surface area (Å²) in [7, 11) is 0. The monoisotopic (exact) mass is 646 g/mol. The molecule has 6 rings (SSSR count). The van der Waals surface area contributed by atoms with Crippen LogP contribution in [0.3, 0.4) is 0 Å². The lowest BCUT2D eigenvalue weighted by atomic mass is 9.52. The lowest BCUT2D eigenvalue weighted by molar-refractivity contribution is 0.456. The van der Waals surface area contributed by atoms with Gasteiger partial charge in [-0.2, -0.15) is 0 Å². The van der Waals surface area contributed by atoms with E-state index in [9.17, 15) is 0 Å². The number of rotatable bonds is 16. The van der Waals surface area contributed by atoms with Gasteiger partial charge in [0.2, 0.25) is 0 Å². The highest BCUT2D eigenvalue weighted by Crippen LogP contribution is 2.59. The molecule has 5 aliphatic rings. The Hall–Kier alpha value is -3.74. The van der Waals surface area contributed by atoms with Crippen LogP contribution in [0.4, 0.5) is 0 Å². The van der Waals surface area contributed by atoms with Crippen LogP contribution >= 0.6 is 0 Å². The highest BCUT2D eigenvalue weighted by molar-refractivity contribution is 5.83. The molecular weight excluding hydrogens is 589 g/mol.